The first-order valence-electron chi connectivity index (χ1n) is 15.0. The van der Waals surface area contributed by atoms with Gasteiger partial charge in [-0.15, -0.1) is 0 Å². The molecule has 0 saturated heterocycles. The molecule has 0 aromatic carbocycles. The molecule has 0 aliphatic carbocycles. The van der Waals surface area contributed by atoms with Gasteiger partial charge in [0.05, 0.1) is 19.5 Å². The molecular formula is C29H51N5O7. The van der Waals surface area contributed by atoms with Gasteiger partial charge in [0.2, 0.25) is 29.5 Å². The second-order valence-corrected chi connectivity index (χ2v) is 10.2. The van der Waals surface area contributed by atoms with Crippen molar-refractivity contribution < 1.29 is 33.6 Å². The van der Waals surface area contributed by atoms with E-state index in [0.717, 1.165) is 19.3 Å². The lowest BCUT2D eigenvalue weighted by Gasteiger charge is -2.15. The SMILES string of the molecule is CCCCCCCCCCCCNC(=O)CC(NC(=O)CCC(=O)CNC(=O)CCC(=O)CNC(=O)CC)C(N)=O. The third-order valence-electron chi connectivity index (χ3n) is 6.47. The number of nitrogens with one attached hydrogen (secondary N) is 4. The highest BCUT2D eigenvalue weighted by atomic mass is 16.2. The summed E-state index contributed by atoms with van der Waals surface area (Å²) in [4.78, 5) is 82.7. The van der Waals surface area contributed by atoms with Gasteiger partial charge in [0.1, 0.15) is 6.04 Å². The quantitative estimate of drug-likeness (QED) is 0.0959. The van der Waals surface area contributed by atoms with Crippen LogP contribution >= 0.6 is 0 Å². The number of hydrogen-bond acceptors (Lipinski definition) is 7. The van der Waals surface area contributed by atoms with Crippen LogP contribution in [-0.4, -0.2) is 66.8 Å². The molecule has 0 aromatic rings. The number of rotatable bonds is 26. The zero-order valence-corrected chi connectivity index (χ0v) is 24.9. The Bertz CT molecular complexity index is 847. The van der Waals surface area contributed by atoms with Gasteiger partial charge in [0.15, 0.2) is 11.6 Å². The second kappa shape index (κ2) is 24.5. The van der Waals surface area contributed by atoms with Crippen LogP contribution in [0.2, 0.25) is 0 Å². The molecule has 5 amide bonds. The Kier molecular flexibility index (Phi) is 22.5. The molecule has 0 heterocycles. The molecule has 0 radical (unpaired) electrons. The number of primary amides is 1. The Balaban J connectivity index is 4.06. The summed E-state index contributed by atoms with van der Waals surface area (Å²) >= 11 is 0. The molecule has 0 saturated carbocycles. The minimum Gasteiger partial charge on any atom is -0.368 e. The summed E-state index contributed by atoms with van der Waals surface area (Å²) in [6.07, 6.45) is 11.1. The van der Waals surface area contributed by atoms with Gasteiger partial charge in [-0.05, 0) is 6.42 Å². The van der Waals surface area contributed by atoms with Crippen LogP contribution in [0.25, 0.3) is 0 Å². The fraction of sp³-hybridized carbons (Fsp3) is 0.759. The maximum atomic E-state index is 12.2. The molecule has 1 unspecified atom stereocenters. The molecule has 0 fully saturated rings. The molecule has 234 valence electrons. The van der Waals surface area contributed by atoms with Crippen LogP contribution in [0.5, 0.6) is 0 Å². The number of ketones is 2. The molecule has 0 bridgehead atoms. The van der Waals surface area contributed by atoms with E-state index in [-0.39, 0.29) is 63.3 Å². The zero-order valence-electron chi connectivity index (χ0n) is 24.9. The number of amides is 5. The maximum absolute atomic E-state index is 12.2. The van der Waals surface area contributed by atoms with E-state index in [1.165, 1.54) is 44.9 Å². The van der Waals surface area contributed by atoms with E-state index in [0.29, 0.717) is 6.54 Å². The van der Waals surface area contributed by atoms with E-state index in [2.05, 4.69) is 28.2 Å². The Morgan fingerprint density at radius 3 is 1.56 bits per heavy atom. The van der Waals surface area contributed by atoms with Crippen molar-refractivity contribution in [1.82, 2.24) is 21.3 Å². The first-order valence-corrected chi connectivity index (χ1v) is 15.0. The monoisotopic (exact) mass is 581 g/mol. The summed E-state index contributed by atoms with van der Waals surface area (Å²) in [6.45, 7) is 3.88. The average molecular weight is 582 g/mol. The van der Waals surface area contributed by atoms with Gasteiger partial charge in [0.25, 0.3) is 0 Å². The lowest BCUT2D eigenvalue weighted by atomic mass is 10.1. The van der Waals surface area contributed by atoms with E-state index in [1.54, 1.807) is 6.92 Å². The smallest absolute Gasteiger partial charge is 0.240 e. The van der Waals surface area contributed by atoms with Crippen LogP contribution < -0.4 is 27.0 Å². The van der Waals surface area contributed by atoms with E-state index in [1.807, 2.05) is 0 Å². The molecule has 12 nitrogen and oxygen atoms in total. The number of carbonyl (C=O) groups excluding carboxylic acids is 7. The number of hydrogen-bond donors (Lipinski definition) is 5. The summed E-state index contributed by atoms with van der Waals surface area (Å²) in [5.74, 6) is -3.35. The summed E-state index contributed by atoms with van der Waals surface area (Å²) < 4.78 is 0. The fourth-order valence-corrected chi connectivity index (χ4v) is 3.88. The van der Waals surface area contributed by atoms with Gasteiger partial charge in [0, 0.05) is 38.6 Å². The third-order valence-corrected chi connectivity index (χ3v) is 6.47. The molecule has 41 heavy (non-hydrogen) atoms. The van der Waals surface area contributed by atoms with Crippen molar-refractivity contribution >= 4 is 41.1 Å². The highest BCUT2D eigenvalue weighted by molar-refractivity contribution is 5.93. The summed E-state index contributed by atoms with van der Waals surface area (Å²) in [5, 5.41) is 9.94. The Labute approximate surface area is 244 Å². The number of unbranched alkanes of at least 4 members (excludes halogenated alkanes) is 9. The first-order chi connectivity index (χ1) is 19.6. The van der Waals surface area contributed by atoms with Crippen LogP contribution in [0, 0.1) is 0 Å². The van der Waals surface area contributed by atoms with Crippen molar-refractivity contribution in [3.8, 4) is 0 Å². The van der Waals surface area contributed by atoms with Crippen molar-refractivity contribution in [2.75, 3.05) is 19.6 Å². The normalized spacial score (nSPS) is 11.3. The molecule has 6 N–H and O–H groups in total. The molecular weight excluding hydrogens is 530 g/mol. The van der Waals surface area contributed by atoms with Crippen molar-refractivity contribution in [1.29, 1.82) is 0 Å². The molecule has 1 atom stereocenters. The highest BCUT2D eigenvalue weighted by Crippen LogP contribution is 2.10. The second-order valence-electron chi connectivity index (χ2n) is 10.2. The third kappa shape index (κ3) is 23.1. The zero-order chi connectivity index (χ0) is 30.9. The van der Waals surface area contributed by atoms with Gasteiger partial charge < -0.3 is 27.0 Å². The van der Waals surface area contributed by atoms with Crippen LogP contribution in [0.3, 0.4) is 0 Å². The molecule has 0 aliphatic rings. The molecule has 0 spiro atoms. The van der Waals surface area contributed by atoms with Crippen LogP contribution in [0.1, 0.15) is 117 Å². The number of nitrogens with two attached hydrogens (primary N) is 1. The number of carbonyl (C=O) groups is 7. The Hall–Kier alpha value is -3.31. The van der Waals surface area contributed by atoms with Crippen molar-refractivity contribution in [2.45, 2.75) is 123 Å². The van der Waals surface area contributed by atoms with Crippen LogP contribution in [0.4, 0.5) is 0 Å². The van der Waals surface area contributed by atoms with Gasteiger partial charge in [-0.25, -0.2) is 0 Å². The maximum Gasteiger partial charge on any atom is 0.240 e. The van der Waals surface area contributed by atoms with Gasteiger partial charge in [-0.2, -0.15) is 0 Å². The largest absolute Gasteiger partial charge is 0.368 e. The van der Waals surface area contributed by atoms with Crippen molar-refractivity contribution in [3.05, 3.63) is 0 Å². The predicted molar refractivity (Wildman–Crippen MR) is 155 cm³/mol. The summed E-state index contributed by atoms with van der Waals surface area (Å²) in [6, 6.07) is -1.19. The van der Waals surface area contributed by atoms with E-state index < -0.39 is 35.5 Å². The van der Waals surface area contributed by atoms with Crippen molar-refractivity contribution in [2.24, 2.45) is 5.73 Å². The van der Waals surface area contributed by atoms with E-state index in [9.17, 15) is 33.6 Å². The van der Waals surface area contributed by atoms with Crippen LogP contribution in [0.15, 0.2) is 0 Å². The molecule has 0 aromatic heterocycles. The fourth-order valence-electron chi connectivity index (χ4n) is 3.88. The first kappa shape index (κ1) is 37.7. The minimum absolute atomic E-state index is 0.0756. The summed E-state index contributed by atoms with van der Waals surface area (Å²) in [7, 11) is 0. The van der Waals surface area contributed by atoms with E-state index in [4.69, 9.17) is 5.73 Å². The highest BCUT2D eigenvalue weighted by Gasteiger charge is 2.22. The lowest BCUT2D eigenvalue weighted by molar-refractivity contribution is -0.131. The van der Waals surface area contributed by atoms with Crippen LogP contribution in [-0.2, 0) is 33.6 Å². The predicted octanol–water partition coefficient (Wildman–Crippen LogP) is 1.72. The average Bonchev–Trinajstić information content (AvgIpc) is 2.94. The van der Waals surface area contributed by atoms with Crippen molar-refractivity contribution in [3.63, 3.8) is 0 Å². The Morgan fingerprint density at radius 1 is 0.561 bits per heavy atom. The molecule has 12 heteroatoms. The molecule has 0 rings (SSSR count). The Morgan fingerprint density at radius 2 is 1.05 bits per heavy atom. The lowest BCUT2D eigenvalue weighted by Crippen LogP contribution is -2.47. The van der Waals surface area contributed by atoms with Gasteiger partial charge in [-0.1, -0.05) is 71.6 Å². The summed E-state index contributed by atoms with van der Waals surface area (Å²) in [5.41, 5.74) is 5.33. The minimum atomic E-state index is -1.19. The van der Waals surface area contributed by atoms with Gasteiger partial charge in [-0.3, -0.25) is 33.6 Å². The van der Waals surface area contributed by atoms with E-state index >= 15 is 0 Å². The topological polar surface area (TPSA) is 194 Å². The standard InChI is InChI=1S/C29H51N5O7/c1-3-5-6-7-8-9-10-11-12-13-18-31-28(40)19-24(29(30)41)34-27(39)17-15-23(36)21-33-26(38)16-14-22(35)20-32-25(37)4-2/h24H,3-21H2,1-2H3,(H2,30,41)(H,31,40)(H,32,37)(H,33,38)(H,34,39). The molecule has 0 aliphatic heterocycles. The van der Waals surface area contributed by atoms with Gasteiger partial charge >= 0.3 is 0 Å². The number of Topliss-reactive ketones (excluding diaryl/α,β-unsaturated/α-hetero) is 2.